The third-order valence-corrected chi connectivity index (χ3v) is 4.00. The van der Waals surface area contributed by atoms with Crippen LogP contribution >= 0.6 is 0 Å². The Morgan fingerprint density at radius 1 is 1.00 bits per heavy atom. The highest BCUT2D eigenvalue weighted by atomic mass is 32.3. The van der Waals surface area contributed by atoms with E-state index >= 15 is 0 Å². The molecule has 0 amide bonds. The second kappa shape index (κ2) is 5.85. The molecule has 7 heteroatoms. The summed E-state index contributed by atoms with van der Waals surface area (Å²) in [5, 5.41) is 0. The van der Waals surface area contributed by atoms with Gasteiger partial charge in [-0.05, 0) is 23.8 Å². The van der Waals surface area contributed by atoms with Gasteiger partial charge in [-0.25, -0.2) is 8.57 Å². The lowest BCUT2D eigenvalue weighted by atomic mass is 10.2. The van der Waals surface area contributed by atoms with Crippen molar-refractivity contribution < 1.29 is 21.3 Å². The zero-order valence-electron chi connectivity index (χ0n) is 10.7. The summed E-state index contributed by atoms with van der Waals surface area (Å²) in [7, 11) is -4.37. The lowest BCUT2D eigenvalue weighted by Gasteiger charge is -2.08. The molecule has 2 aromatic rings. The summed E-state index contributed by atoms with van der Waals surface area (Å²) in [4.78, 5) is -0.576. The number of benzene rings is 2. The van der Waals surface area contributed by atoms with Gasteiger partial charge in [-0.3, -0.25) is 0 Å². The van der Waals surface area contributed by atoms with Crippen LogP contribution in [0.3, 0.4) is 0 Å². The first-order valence-corrected chi connectivity index (χ1v) is 7.34. The fraction of sp³-hybridized carbons (Fsp3) is 0.143. The summed E-state index contributed by atoms with van der Waals surface area (Å²) >= 11 is 0. The SMILES string of the molecule is O=S(F)(=NCc1ccccc1)c1cccc(C(F)(F)F)c1. The minimum absolute atomic E-state index is 0.174. The normalized spacial score (nSPS) is 14.5. The predicted octanol–water partition coefficient (Wildman–Crippen LogP) is 4.62. The van der Waals surface area contributed by atoms with E-state index in [1.807, 2.05) is 0 Å². The van der Waals surface area contributed by atoms with Crippen molar-refractivity contribution in [1.29, 1.82) is 0 Å². The molecule has 0 aromatic heterocycles. The number of rotatable bonds is 3. The largest absolute Gasteiger partial charge is 0.416 e. The summed E-state index contributed by atoms with van der Waals surface area (Å²) in [6.07, 6.45) is -4.62. The summed E-state index contributed by atoms with van der Waals surface area (Å²) in [5.41, 5.74) is -0.435. The summed E-state index contributed by atoms with van der Waals surface area (Å²) in [6, 6.07) is 11.8. The van der Waals surface area contributed by atoms with Gasteiger partial charge in [0.15, 0.2) is 0 Å². The molecule has 1 atom stereocenters. The quantitative estimate of drug-likeness (QED) is 0.600. The van der Waals surface area contributed by atoms with Crippen LogP contribution in [0.4, 0.5) is 17.1 Å². The fourth-order valence-electron chi connectivity index (χ4n) is 1.64. The number of nitrogens with zero attached hydrogens (tertiary/aromatic N) is 1. The van der Waals surface area contributed by atoms with Crippen molar-refractivity contribution in [2.45, 2.75) is 17.6 Å². The lowest BCUT2D eigenvalue weighted by molar-refractivity contribution is -0.137. The maximum absolute atomic E-state index is 14.1. The first kappa shape index (κ1) is 15.5. The van der Waals surface area contributed by atoms with Crippen molar-refractivity contribution in [2.24, 2.45) is 4.36 Å². The average molecular weight is 317 g/mol. The van der Waals surface area contributed by atoms with Crippen LogP contribution in [0, 0.1) is 0 Å². The van der Waals surface area contributed by atoms with Crippen LogP contribution in [0.1, 0.15) is 11.1 Å². The van der Waals surface area contributed by atoms with Crippen molar-refractivity contribution >= 4 is 10.1 Å². The molecule has 0 saturated carbocycles. The van der Waals surface area contributed by atoms with Gasteiger partial charge in [0, 0.05) is 0 Å². The van der Waals surface area contributed by atoms with Crippen molar-refractivity contribution in [3.05, 3.63) is 65.7 Å². The van der Waals surface area contributed by atoms with Crippen LogP contribution in [-0.4, -0.2) is 4.21 Å². The summed E-state index contributed by atoms with van der Waals surface area (Å²) in [6.45, 7) is -0.174. The molecule has 0 radical (unpaired) electrons. The van der Waals surface area contributed by atoms with Crippen molar-refractivity contribution in [3.63, 3.8) is 0 Å². The molecule has 2 aromatic carbocycles. The van der Waals surface area contributed by atoms with E-state index in [2.05, 4.69) is 4.36 Å². The summed E-state index contributed by atoms with van der Waals surface area (Å²) < 4.78 is 67.0. The van der Waals surface area contributed by atoms with Crippen molar-refractivity contribution in [2.75, 3.05) is 0 Å². The molecule has 0 aliphatic rings. The van der Waals surface area contributed by atoms with Crippen LogP contribution in [0.25, 0.3) is 0 Å². The van der Waals surface area contributed by atoms with E-state index in [0.717, 1.165) is 18.2 Å². The average Bonchev–Trinajstić information content (AvgIpc) is 2.46. The molecule has 0 fully saturated rings. The lowest BCUT2D eigenvalue weighted by Crippen LogP contribution is -2.06. The van der Waals surface area contributed by atoms with E-state index in [0.29, 0.717) is 11.6 Å². The van der Waals surface area contributed by atoms with E-state index in [9.17, 15) is 21.3 Å². The van der Waals surface area contributed by atoms with Crippen LogP contribution in [0.5, 0.6) is 0 Å². The van der Waals surface area contributed by atoms with Gasteiger partial charge in [-0.1, -0.05) is 36.4 Å². The minimum atomic E-state index is -4.62. The third kappa shape index (κ3) is 4.04. The van der Waals surface area contributed by atoms with Gasteiger partial charge in [-0.2, -0.15) is 13.2 Å². The van der Waals surface area contributed by atoms with Crippen LogP contribution in [0.2, 0.25) is 0 Å². The van der Waals surface area contributed by atoms with E-state index in [1.165, 1.54) is 0 Å². The van der Waals surface area contributed by atoms with E-state index in [1.54, 1.807) is 30.3 Å². The molecule has 0 spiro atoms. The number of halogens is 4. The maximum Gasteiger partial charge on any atom is 0.416 e. The molecule has 2 nitrogen and oxygen atoms in total. The Kier molecular flexibility index (Phi) is 4.32. The third-order valence-electron chi connectivity index (χ3n) is 2.71. The Hall–Kier alpha value is -1.89. The predicted molar refractivity (Wildman–Crippen MR) is 71.5 cm³/mol. The van der Waals surface area contributed by atoms with Crippen LogP contribution in [-0.2, 0) is 22.8 Å². The molecule has 1 unspecified atom stereocenters. The smallest absolute Gasteiger partial charge is 0.211 e. The zero-order chi connectivity index (χ0) is 15.5. The molecule has 21 heavy (non-hydrogen) atoms. The minimum Gasteiger partial charge on any atom is -0.211 e. The van der Waals surface area contributed by atoms with Gasteiger partial charge in [0.25, 0.3) is 0 Å². The molecule has 0 N–H and O–H groups in total. The van der Waals surface area contributed by atoms with E-state index < -0.39 is 26.8 Å². The monoisotopic (exact) mass is 317 g/mol. The Morgan fingerprint density at radius 2 is 1.67 bits per heavy atom. The summed E-state index contributed by atoms with van der Waals surface area (Å²) in [5.74, 6) is 0. The van der Waals surface area contributed by atoms with Crippen LogP contribution < -0.4 is 0 Å². The number of hydrogen-bond acceptors (Lipinski definition) is 2. The Labute approximate surface area is 119 Å². The standard InChI is InChI=1S/C14H11F4NOS/c15-14(16,17)12-7-4-8-13(9-12)21(18,20)19-10-11-5-2-1-3-6-11/h1-9H,10H2. The first-order chi connectivity index (χ1) is 9.79. The van der Waals surface area contributed by atoms with Gasteiger partial charge in [0.1, 0.15) is 0 Å². The molecular formula is C14H11F4NOS. The second-order valence-corrected chi connectivity index (χ2v) is 5.90. The van der Waals surface area contributed by atoms with E-state index in [-0.39, 0.29) is 6.54 Å². The van der Waals surface area contributed by atoms with Crippen molar-refractivity contribution in [1.82, 2.24) is 0 Å². The zero-order valence-corrected chi connectivity index (χ0v) is 11.5. The van der Waals surface area contributed by atoms with Gasteiger partial charge in [-0.15, -0.1) is 3.89 Å². The Bertz CT molecular complexity index is 734. The number of alkyl halides is 3. The van der Waals surface area contributed by atoms with Gasteiger partial charge >= 0.3 is 6.18 Å². The van der Waals surface area contributed by atoms with Crippen molar-refractivity contribution in [3.8, 4) is 0 Å². The highest BCUT2D eigenvalue weighted by molar-refractivity contribution is 7.88. The first-order valence-electron chi connectivity index (χ1n) is 5.93. The molecule has 0 heterocycles. The molecule has 0 bridgehead atoms. The second-order valence-electron chi connectivity index (χ2n) is 4.26. The fourth-order valence-corrected chi connectivity index (χ4v) is 2.63. The topological polar surface area (TPSA) is 29.4 Å². The van der Waals surface area contributed by atoms with Crippen LogP contribution in [0.15, 0.2) is 63.9 Å². The maximum atomic E-state index is 14.1. The molecule has 0 aliphatic heterocycles. The molecule has 112 valence electrons. The molecular weight excluding hydrogens is 306 g/mol. The number of hydrogen-bond donors (Lipinski definition) is 0. The molecule has 2 rings (SSSR count). The van der Waals surface area contributed by atoms with Gasteiger partial charge in [0.2, 0.25) is 10.1 Å². The highest BCUT2D eigenvalue weighted by Crippen LogP contribution is 2.31. The van der Waals surface area contributed by atoms with Gasteiger partial charge in [0.05, 0.1) is 17.0 Å². The molecule has 0 saturated heterocycles. The Morgan fingerprint density at radius 3 is 2.29 bits per heavy atom. The van der Waals surface area contributed by atoms with Gasteiger partial charge < -0.3 is 0 Å². The highest BCUT2D eigenvalue weighted by Gasteiger charge is 2.31. The van der Waals surface area contributed by atoms with E-state index in [4.69, 9.17) is 0 Å². The molecule has 0 aliphatic carbocycles. The Balaban J connectivity index is 2.33.